The summed E-state index contributed by atoms with van der Waals surface area (Å²) in [6.45, 7) is 0.275. The molecule has 1 amide bonds. The monoisotopic (exact) mass is 386 g/mol. The van der Waals surface area contributed by atoms with Crippen molar-refractivity contribution in [2.24, 2.45) is 4.99 Å². The molecule has 0 spiro atoms. The lowest BCUT2D eigenvalue weighted by molar-refractivity contribution is 0.0998. The molecular formula is C19H15ClN2O3S. The minimum absolute atomic E-state index is 0.275. The van der Waals surface area contributed by atoms with Gasteiger partial charge in [-0.1, -0.05) is 34.9 Å². The Labute approximate surface area is 159 Å². The van der Waals surface area contributed by atoms with Crippen LogP contribution in [-0.2, 0) is 6.54 Å². The van der Waals surface area contributed by atoms with E-state index in [1.54, 1.807) is 43.1 Å². The van der Waals surface area contributed by atoms with Gasteiger partial charge in [0.05, 0.1) is 31.0 Å². The fraction of sp³-hybridized carbons (Fsp3) is 0.158. The van der Waals surface area contributed by atoms with Gasteiger partial charge in [-0.2, -0.15) is 4.99 Å². The Balaban J connectivity index is 2.20. The molecule has 0 aliphatic carbocycles. The average molecular weight is 387 g/mol. The van der Waals surface area contributed by atoms with Gasteiger partial charge >= 0.3 is 0 Å². The van der Waals surface area contributed by atoms with Gasteiger partial charge in [0.2, 0.25) is 0 Å². The molecule has 2 aromatic carbocycles. The van der Waals surface area contributed by atoms with Crippen LogP contribution in [0.15, 0.2) is 41.4 Å². The van der Waals surface area contributed by atoms with Gasteiger partial charge in [0.15, 0.2) is 16.3 Å². The molecule has 0 saturated heterocycles. The van der Waals surface area contributed by atoms with E-state index in [9.17, 15) is 4.79 Å². The van der Waals surface area contributed by atoms with E-state index in [0.29, 0.717) is 26.9 Å². The number of rotatable bonds is 4. The Morgan fingerprint density at radius 2 is 2.00 bits per heavy atom. The maximum atomic E-state index is 12.5. The second-order valence-electron chi connectivity index (χ2n) is 5.28. The molecule has 0 bridgehead atoms. The molecule has 0 radical (unpaired) electrons. The van der Waals surface area contributed by atoms with Crippen LogP contribution < -0.4 is 14.3 Å². The van der Waals surface area contributed by atoms with Gasteiger partial charge in [-0.25, -0.2) is 0 Å². The maximum absolute atomic E-state index is 12.5. The van der Waals surface area contributed by atoms with E-state index >= 15 is 0 Å². The molecule has 0 unspecified atom stereocenters. The first kappa shape index (κ1) is 18.1. The number of aromatic nitrogens is 1. The number of carbonyl (C=O) groups is 1. The van der Waals surface area contributed by atoms with E-state index in [2.05, 4.69) is 10.9 Å². The molecule has 132 valence electrons. The summed E-state index contributed by atoms with van der Waals surface area (Å²) < 4.78 is 13.4. The van der Waals surface area contributed by atoms with Crippen molar-refractivity contribution < 1.29 is 14.3 Å². The molecule has 3 aromatic rings. The topological polar surface area (TPSA) is 52.8 Å². The zero-order valence-corrected chi connectivity index (χ0v) is 15.7. The van der Waals surface area contributed by atoms with Gasteiger partial charge in [-0.15, -0.1) is 6.42 Å². The first-order valence-corrected chi connectivity index (χ1v) is 8.80. The van der Waals surface area contributed by atoms with Crippen molar-refractivity contribution >= 4 is 39.1 Å². The minimum atomic E-state index is -0.385. The third kappa shape index (κ3) is 3.45. The summed E-state index contributed by atoms with van der Waals surface area (Å²) in [7, 11) is 3.14. The van der Waals surface area contributed by atoms with E-state index in [1.165, 1.54) is 11.3 Å². The van der Waals surface area contributed by atoms with Crippen molar-refractivity contribution in [1.29, 1.82) is 0 Å². The van der Waals surface area contributed by atoms with Crippen LogP contribution in [0.1, 0.15) is 10.4 Å². The Kier molecular flexibility index (Phi) is 5.31. The molecular weight excluding hydrogens is 372 g/mol. The number of thiazole rings is 1. The van der Waals surface area contributed by atoms with Crippen molar-refractivity contribution in [3.05, 3.63) is 51.8 Å². The maximum Gasteiger partial charge on any atom is 0.279 e. The van der Waals surface area contributed by atoms with Crippen LogP contribution in [-0.4, -0.2) is 24.7 Å². The van der Waals surface area contributed by atoms with Gasteiger partial charge in [0, 0.05) is 22.7 Å². The van der Waals surface area contributed by atoms with Gasteiger partial charge in [-0.3, -0.25) is 4.79 Å². The summed E-state index contributed by atoms with van der Waals surface area (Å²) in [4.78, 5) is 17.3. The number of nitrogens with zero attached hydrogens (tertiary/aromatic N) is 2. The number of amides is 1. The summed E-state index contributed by atoms with van der Waals surface area (Å²) in [6, 6.07) is 10.3. The zero-order valence-electron chi connectivity index (χ0n) is 14.2. The molecule has 3 rings (SSSR count). The summed E-state index contributed by atoms with van der Waals surface area (Å²) in [5, 5.41) is 0.480. The fourth-order valence-corrected chi connectivity index (χ4v) is 3.73. The van der Waals surface area contributed by atoms with Gasteiger partial charge < -0.3 is 14.0 Å². The van der Waals surface area contributed by atoms with Crippen molar-refractivity contribution in [2.45, 2.75) is 6.54 Å². The van der Waals surface area contributed by atoms with Crippen LogP contribution >= 0.6 is 22.9 Å². The molecule has 1 aromatic heterocycles. The minimum Gasteiger partial charge on any atom is -0.493 e. The lowest BCUT2D eigenvalue weighted by atomic mass is 10.2. The van der Waals surface area contributed by atoms with Crippen LogP contribution in [0.3, 0.4) is 0 Å². The van der Waals surface area contributed by atoms with E-state index < -0.39 is 0 Å². The molecule has 1 heterocycles. The lowest BCUT2D eigenvalue weighted by Crippen LogP contribution is -2.16. The number of hydrogen-bond donors (Lipinski definition) is 0. The number of fused-ring (bicyclic) bond motifs is 1. The lowest BCUT2D eigenvalue weighted by Gasteiger charge is -2.08. The Morgan fingerprint density at radius 1 is 1.27 bits per heavy atom. The van der Waals surface area contributed by atoms with Crippen LogP contribution in [0.5, 0.6) is 11.5 Å². The second-order valence-corrected chi connectivity index (χ2v) is 6.72. The Morgan fingerprint density at radius 3 is 2.65 bits per heavy atom. The highest BCUT2D eigenvalue weighted by atomic mass is 35.5. The van der Waals surface area contributed by atoms with E-state index in [0.717, 1.165) is 10.2 Å². The quantitative estimate of drug-likeness (QED) is 0.642. The third-order valence-electron chi connectivity index (χ3n) is 3.71. The highest BCUT2D eigenvalue weighted by Gasteiger charge is 2.13. The number of terminal acetylenes is 1. The largest absolute Gasteiger partial charge is 0.493 e. The first-order valence-electron chi connectivity index (χ1n) is 7.61. The predicted octanol–water partition coefficient (Wildman–Crippen LogP) is 3.75. The molecule has 0 aliphatic rings. The molecule has 0 N–H and O–H groups in total. The second kappa shape index (κ2) is 7.65. The molecule has 0 saturated carbocycles. The summed E-state index contributed by atoms with van der Waals surface area (Å²) in [5.41, 5.74) is 1.24. The summed E-state index contributed by atoms with van der Waals surface area (Å²) >= 11 is 7.30. The van der Waals surface area contributed by atoms with Crippen molar-refractivity contribution in [1.82, 2.24) is 4.57 Å². The number of benzene rings is 2. The van der Waals surface area contributed by atoms with Crippen molar-refractivity contribution in [2.75, 3.05) is 14.2 Å². The van der Waals surface area contributed by atoms with E-state index in [1.807, 2.05) is 12.1 Å². The van der Waals surface area contributed by atoms with Crippen molar-refractivity contribution in [3.63, 3.8) is 0 Å². The van der Waals surface area contributed by atoms with Crippen LogP contribution in [0.4, 0.5) is 0 Å². The number of methoxy groups -OCH3 is 2. The molecule has 0 aliphatic heterocycles. The van der Waals surface area contributed by atoms with E-state index in [-0.39, 0.29) is 12.5 Å². The number of hydrogen-bond acceptors (Lipinski definition) is 4. The van der Waals surface area contributed by atoms with Gasteiger partial charge in [0.1, 0.15) is 0 Å². The Hall–Kier alpha value is -2.75. The zero-order chi connectivity index (χ0) is 18.7. The number of ether oxygens (including phenoxy) is 2. The highest BCUT2D eigenvalue weighted by molar-refractivity contribution is 7.16. The Bertz CT molecular complexity index is 1090. The summed E-state index contributed by atoms with van der Waals surface area (Å²) in [5.74, 6) is 3.39. The smallest absolute Gasteiger partial charge is 0.279 e. The fourth-order valence-electron chi connectivity index (χ4n) is 2.50. The first-order chi connectivity index (χ1) is 12.6. The van der Waals surface area contributed by atoms with Gasteiger partial charge in [0.25, 0.3) is 5.91 Å². The third-order valence-corrected chi connectivity index (χ3v) is 4.98. The SMILES string of the molecule is C#CCn1c(=NC(=O)c2cccc(Cl)c2)sc2cc(OC)c(OC)cc21. The highest BCUT2D eigenvalue weighted by Crippen LogP contribution is 2.33. The predicted molar refractivity (Wildman–Crippen MR) is 103 cm³/mol. The van der Waals surface area contributed by atoms with Crippen LogP contribution in [0.25, 0.3) is 10.2 Å². The molecule has 5 nitrogen and oxygen atoms in total. The van der Waals surface area contributed by atoms with Crippen LogP contribution in [0, 0.1) is 12.3 Å². The normalized spacial score (nSPS) is 11.4. The molecule has 0 atom stereocenters. The number of carbonyl (C=O) groups excluding carboxylic acids is 1. The van der Waals surface area contributed by atoms with Crippen LogP contribution in [0.2, 0.25) is 5.02 Å². The van der Waals surface area contributed by atoms with Gasteiger partial charge in [-0.05, 0) is 18.2 Å². The van der Waals surface area contributed by atoms with E-state index in [4.69, 9.17) is 27.5 Å². The number of halogens is 1. The molecule has 0 fully saturated rings. The molecule has 26 heavy (non-hydrogen) atoms. The average Bonchev–Trinajstić information content (AvgIpc) is 2.97. The summed E-state index contributed by atoms with van der Waals surface area (Å²) in [6.07, 6.45) is 5.50. The standard InChI is InChI=1S/C19H15ClN2O3S/c1-4-8-22-14-10-15(24-2)16(25-3)11-17(14)26-19(22)21-18(23)12-6-5-7-13(20)9-12/h1,5-7,9-11H,8H2,2-3H3. The van der Waals surface area contributed by atoms with Crippen molar-refractivity contribution in [3.8, 4) is 23.8 Å². The molecule has 7 heteroatoms.